The van der Waals surface area contributed by atoms with E-state index in [-0.39, 0.29) is 5.91 Å². The van der Waals surface area contributed by atoms with Gasteiger partial charge in [0.05, 0.1) is 5.60 Å². The highest BCUT2D eigenvalue weighted by Crippen LogP contribution is 2.40. The fourth-order valence-corrected chi connectivity index (χ4v) is 5.78. The maximum absolute atomic E-state index is 12.0. The van der Waals surface area contributed by atoms with Crippen LogP contribution in [0.5, 0.6) is 0 Å². The number of aliphatic hydroxyl groups is 1. The van der Waals surface area contributed by atoms with Gasteiger partial charge >= 0.3 is 0 Å². The second-order valence-electron chi connectivity index (χ2n) is 9.01. The van der Waals surface area contributed by atoms with E-state index in [2.05, 4.69) is 40.1 Å². The molecule has 1 N–H and O–H groups in total. The van der Waals surface area contributed by atoms with Crippen LogP contribution in [-0.2, 0) is 4.79 Å². The van der Waals surface area contributed by atoms with Crippen LogP contribution in [-0.4, -0.2) is 58.1 Å². The Hall–Kier alpha value is -1.39. The van der Waals surface area contributed by atoms with Crippen molar-refractivity contribution < 1.29 is 9.90 Å². The zero-order chi connectivity index (χ0) is 18.9. The summed E-state index contributed by atoms with van der Waals surface area (Å²) < 4.78 is 0. The summed E-state index contributed by atoms with van der Waals surface area (Å²) in [5.74, 6) is 0.800. The Labute approximate surface area is 163 Å². The molecule has 0 radical (unpaired) electrons. The van der Waals surface area contributed by atoms with Crippen molar-refractivity contribution in [1.29, 1.82) is 0 Å². The molecule has 0 aromatic heterocycles. The van der Waals surface area contributed by atoms with Gasteiger partial charge in [-0.05, 0) is 63.0 Å². The van der Waals surface area contributed by atoms with Gasteiger partial charge < -0.3 is 10.0 Å². The van der Waals surface area contributed by atoms with Gasteiger partial charge in [0.25, 0.3) is 0 Å². The van der Waals surface area contributed by atoms with Crippen molar-refractivity contribution in [2.45, 2.75) is 81.9 Å². The third-order valence-corrected chi connectivity index (χ3v) is 7.26. The lowest BCUT2D eigenvalue weighted by molar-refractivity contribution is -0.130. The molecule has 4 rings (SSSR count). The Morgan fingerprint density at radius 3 is 2.48 bits per heavy atom. The van der Waals surface area contributed by atoms with Gasteiger partial charge in [-0.3, -0.25) is 9.69 Å². The lowest BCUT2D eigenvalue weighted by atomic mass is 9.75. The van der Waals surface area contributed by atoms with Gasteiger partial charge in [-0.1, -0.05) is 36.8 Å². The number of fused-ring (bicyclic) bond motifs is 1. The predicted octanol–water partition coefficient (Wildman–Crippen LogP) is 3.55. The third kappa shape index (κ3) is 4.07. The minimum absolute atomic E-state index is 0.214. The number of likely N-dealkylation sites (tertiary alicyclic amines) is 2. The summed E-state index contributed by atoms with van der Waals surface area (Å²) in [6.07, 6.45) is 8.47. The van der Waals surface area contributed by atoms with Crippen LogP contribution in [0, 0.1) is 0 Å². The fraction of sp³-hybridized carbons (Fsp3) is 0.696. The van der Waals surface area contributed by atoms with E-state index < -0.39 is 5.60 Å². The van der Waals surface area contributed by atoms with Gasteiger partial charge in [0.2, 0.25) is 5.91 Å². The van der Waals surface area contributed by atoms with Crippen molar-refractivity contribution in [2.75, 3.05) is 19.6 Å². The van der Waals surface area contributed by atoms with Crippen LogP contribution in [0.3, 0.4) is 0 Å². The SMILES string of the molecule is CC(=O)N1CC[C@@H]2[C@H]1CCCCN2CC1(O)CCC(c2ccccc2)CC1. The molecule has 4 heteroatoms. The molecule has 2 saturated heterocycles. The molecule has 0 unspecified atom stereocenters. The van der Waals surface area contributed by atoms with Crippen LogP contribution in [0.4, 0.5) is 0 Å². The summed E-state index contributed by atoms with van der Waals surface area (Å²) in [6, 6.07) is 11.6. The van der Waals surface area contributed by atoms with Crippen molar-refractivity contribution in [1.82, 2.24) is 9.80 Å². The topological polar surface area (TPSA) is 43.8 Å². The van der Waals surface area contributed by atoms with E-state index in [1.807, 2.05) is 0 Å². The van der Waals surface area contributed by atoms with Crippen LogP contribution in [0.1, 0.15) is 69.8 Å². The summed E-state index contributed by atoms with van der Waals surface area (Å²) in [5, 5.41) is 11.4. The third-order valence-electron chi connectivity index (χ3n) is 7.26. The zero-order valence-electron chi connectivity index (χ0n) is 16.6. The minimum Gasteiger partial charge on any atom is -0.389 e. The number of benzene rings is 1. The summed E-state index contributed by atoms with van der Waals surface area (Å²) in [6.45, 7) is 4.43. The average Bonchev–Trinajstić information content (AvgIpc) is 3.01. The lowest BCUT2D eigenvalue weighted by Crippen LogP contribution is -2.52. The molecule has 2 heterocycles. The van der Waals surface area contributed by atoms with Crippen molar-refractivity contribution in [2.24, 2.45) is 0 Å². The van der Waals surface area contributed by atoms with E-state index in [0.717, 1.165) is 58.2 Å². The Balaban J connectivity index is 1.40. The minimum atomic E-state index is -0.566. The van der Waals surface area contributed by atoms with Crippen molar-refractivity contribution in [3.05, 3.63) is 35.9 Å². The van der Waals surface area contributed by atoms with Crippen LogP contribution in [0.15, 0.2) is 30.3 Å². The van der Waals surface area contributed by atoms with E-state index in [4.69, 9.17) is 0 Å². The van der Waals surface area contributed by atoms with Crippen LogP contribution < -0.4 is 0 Å². The van der Waals surface area contributed by atoms with Crippen molar-refractivity contribution >= 4 is 5.91 Å². The number of nitrogens with zero attached hydrogens (tertiary/aromatic N) is 2. The first-order valence-corrected chi connectivity index (χ1v) is 10.8. The first-order valence-electron chi connectivity index (χ1n) is 10.8. The molecule has 1 aromatic carbocycles. The largest absolute Gasteiger partial charge is 0.389 e. The molecule has 1 amide bonds. The summed E-state index contributed by atoms with van der Waals surface area (Å²) in [4.78, 5) is 16.6. The highest BCUT2D eigenvalue weighted by atomic mass is 16.3. The van der Waals surface area contributed by atoms with E-state index in [0.29, 0.717) is 18.0 Å². The van der Waals surface area contributed by atoms with Crippen molar-refractivity contribution in [3.8, 4) is 0 Å². The molecule has 1 aliphatic carbocycles. The monoisotopic (exact) mass is 370 g/mol. The van der Waals surface area contributed by atoms with E-state index in [1.54, 1.807) is 6.92 Å². The molecule has 3 fully saturated rings. The number of amides is 1. The summed E-state index contributed by atoms with van der Waals surface area (Å²) in [7, 11) is 0. The van der Waals surface area contributed by atoms with Gasteiger partial charge in [0, 0.05) is 32.1 Å². The first-order chi connectivity index (χ1) is 13.1. The molecule has 4 nitrogen and oxygen atoms in total. The Morgan fingerprint density at radius 1 is 1.04 bits per heavy atom. The number of carbonyl (C=O) groups excluding carboxylic acids is 1. The second-order valence-corrected chi connectivity index (χ2v) is 9.01. The van der Waals surface area contributed by atoms with Gasteiger partial charge in [0.15, 0.2) is 0 Å². The second kappa shape index (κ2) is 7.92. The Morgan fingerprint density at radius 2 is 1.78 bits per heavy atom. The highest BCUT2D eigenvalue weighted by molar-refractivity contribution is 5.74. The molecule has 2 atom stereocenters. The number of hydrogen-bond acceptors (Lipinski definition) is 3. The average molecular weight is 371 g/mol. The lowest BCUT2D eigenvalue weighted by Gasteiger charge is -2.42. The molecule has 3 aliphatic rings. The van der Waals surface area contributed by atoms with Crippen LogP contribution >= 0.6 is 0 Å². The predicted molar refractivity (Wildman–Crippen MR) is 108 cm³/mol. The standard InChI is InChI=1S/C23H34N2O2/c1-18(26)25-16-12-21-22(25)9-5-6-15-24(21)17-23(27)13-10-20(11-14-23)19-7-3-2-4-8-19/h2-4,7-8,20-22,27H,5-6,9-17H2,1H3/t20?,21-,22-,23?/m1/s1. The van der Waals surface area contributed by atoms with Crippen molar-refractivity contribution in [3.63, 3.8) is 0 Å². The number of rotatable bonds is 3. The van der Waals surface area contributed by atoms with Gasteiger partial charge in [-0.2, -0.15) is 0 Å². The molecule has 1 aromatic rings. The maximum Gasteiger partial charge on any atom is 0.219 e. The number of β-amino-alcohol motifs (C(OH)–C–C–N with tert-alkyl or cyclic N) is 1. The molecule has 2 aliphatic heterocycles. The quantitative estimate of drug-likeness (QED) is 0.885. The zero-order valence-corrected chi connectivity index (χ0v) is 16.6. The molecular formula is C23H34N2O2. The molecule has 1 saturated carbocycles. The molecule has 148 valence electrons. The van der Waals surface area contributed by atoms with Gasteiger partial charge in [-0.15, -0.1) is 0 Å². The van der Waals surface area contributed by atoms with Crippen LogP contribution in [0.2, 0.25) is 0 Å². The highest BCUT2D eigenvalue weighted by Gasteiger charge is 2.43. The molecule has 0 spiro atoms. The molecular weight excluding hydrogens is 336 g/mol. The van der Waals surface area contributed by atoms with E-state index in [1.165, 1.54) is 18.4 Å². The number of hydrogen-bond donors (Lipinski definition) is 1. The molecule has 0 bridgehead atoms. The number of carbonyl (C=O) groups is 1. The summed E-state index contributed by atoms with van der Waals surface area (Å²) >= 11 is 0. The fourth-order valence-electron chi connectivity index (χ4n) is 5.78. The molecule has 27 heavy (non-hydrogen) atoms. The van der Waals surface area contributed by atoms with Crippen LogP contribution in [0.25, 0.3) is 0 Å². The summed E-state index contributed by atoms with van der Waals surface area (Å²) in [5.41, 5.74) is 0.853. The normalized spacial score (nSPS) is 34.9. The first kappa shape index (κ1) is 18.9. The van der Waals surface area contributed by atoms with Gasteiger partial charge in [0.1, 0.15) is 0 Å². The van der Waals surface area contributed by atoms with E-state index in [9.17, 15) is 9.90 Å². The smallest absolute Gasteiger partial charge is 0.219 e. The maximum atomic E-state index is 12.0. The van der Waals surface area contributed by atoms with E-state index >= 15 is 0 Å². The Kier molecular flexibility index (Phi) is 5.56. The van der Waals surface area contributed by atoms with Gasteiger partial charge in [-0.25, -0.2) is 0 Å². The Bertz CT molecular complexity index is 639.